The maximum absolute atomic E-state index is 13.6. The SMILES string of the molecule is CS(=O)(=O)NCCCn1c(N)nc2cc(I)c(F)cc21. The molecular formula is C11H14FIN4O2S. The lowest BCUT2D eigenvalue weighted by Gasteiger charge is -2.07. The number of benzene rings is 1. The zero-order valence-electron chi connectivity index (χ0n) is 10.7. The summed E-state index contributed by atoms with van der Waals surface area (Å²) in [6.07, 6.45) is 1.64. The van der Waals surface area contributed by atoms with Crippen LogP contribution in [0.2, 0.25) is 0 Å². The number of fused-ring (bicyclic) bond motifs is 1. The number of rotatable bonds is 5. The maximum atomic E-state index is 13.6. The Morgan fingerprint density at radius 2 is 2.20 bits per heavy atom. The Labute approximate surface area is 129 Å². The third-order valence-electron chi connectivity index (χ3n) is 2.74. The summed E-state index contributed by atoms with van der Waals surface area (Å²) in [7, 11) is -3.20. The highest BCUT2D eigenvalue weighted by atomic mass is 127. The van der Waals surface area contributed by atoms with Gasteiger partial charge >= 0.3 is 0 Å². The first-order valence-corrected chi connectivity index (χ1v) is 8.80. The lowest BCUT2D eigenvalue weighted by atomic mass is 10.3. The minimum atomic E-state index is -3.20. The molecule has 0 fully saturated rings. The van der Waals surface area contributed by atoms with Crippen LogP contribution in [0.3, 0.4) is 0 Å². The summed E-state index contributed by atoms with van der Waals surface area (Å²) in [5.74, 6) is -0.0331. The predicted molar refractivity (Wildman–Crippen MR) is 84.3 cm³/mol. The minimum absolute atomic E-state index is 0.292. The van der Waals surface area contributed by atoms with Crippen molar-refractivity contribution in [1.82, 2.24) is 14.3 Å². The van der Waals surface area contributed by atoms with Crippen LogP contribution in [0.4, 0.5) is 10.3 Å². The molecule has 2 aromatic rings. The molecule has 0 amide bonds. The van der Waals surface area contributed by atoms with Crippen molar-refractivity contribution in [3.8, 4) is 0 Å². The van der Waals surface area contributed by atoms with Crippen LogP contribution in [0.15, 0.2) is 12.1 Å². The number of aryl methyl sites for hydroxylation is 1. The summed E-state index contributed by atoms with van der Waals surface area (Å²) < 4.78 is 40.1. The number of aromatic nitrogens is 2. The highest BCUT2D eigenvalue weighted by Gasteiger charge is 2.11. The quantitative estimate of drug-likeness (QED) is 0.573. The molecule has 0 atom stereocenters. The summed E-state index contributed by atoms with van der Waals surface area (Å²) in [5.41, 5.74) is 7.05. The summed E-state index contributed by atoms with van der Waals surface area (Å²) >= 11 is 1.90. The van der Waals surface area contributed by atoms with E-state index in [1.807, 2.05) is 22.6 Å². The molecule has 110 valence electrons. The normalized spacial score (nSPS) is 12.2. The zero-order valence-corrected chi connectivity index (χ0v) is 13.7. The van der Waals surface area contributed by atoms with Crippen LogP contribution in [-0.2, 0) is 16.6 Å². The van der Waals surface area contributed by atoms with Crippen LogP contribution in [0.1, 0.15) is 6.42 Å². The number of imidazole rings is 1. The first-order valence-electron chi connectivity index (χ1n) is 5.83. The average molecular weight is 412 g/mol. The van der Waals surface area contributed by atoms with Gasteiger partial charge in [0.25, 0.3) is 0 Å². The van der Waals surface area contributed by atoms with Crippen molar-refractivity contribution < 1.29 is 12.8 Å². The molecule has 0 bridgehead atoms. The Kier molecular flexibility index (Phi) is 4.49. The zero-order chi connectivity index (χ0) is 14.9. The van der Waals surface area contributed by atoms with Crippen LogP contribution in [0.25, 0.3) is 11.0 Å². The summed E-state index contributed by atoms with van der Waals surface area (Å²) in [6, 6.07) is 3.03. The van der Waals surface area contributed by atoms with Gasteiger partial charge in [-0.3, -0.25) is 0 Å². The van der Waals surface area contributed by atoms with Crippen LogP contribution < -0.4 is 10.5 Å². The first-order chi connectivity index (χ1) is 9.28. The van der Waals surface area contributed by atoms with Crippen LogP contribution in [0.5, 0.6) is 0 Å². The molecule has 0 aliphatic heterocycles. The van der Waals surface area contributed by atoms with Crippen LogP contribution in [0, 0.1) is 9.39 Å². The number of hydrogen-bond donors (Lipinski definition) is 2. The number of nitrogens with two attached hydrogens (primary N) is 1. The van der Waals surface area contributed by atoms with Crippen molar-refractivity contribution in [2.75, 3.05) is 18.5 Å². The monoisotopic (exact) mass is 412 g/mol. The summed E-state index contributed by atoms with van der Waals surface area (Å²) in [4.78, 5) is 4.17. The molecule has 0 aliphatic rings. The molecular weight excluding hydrogens is 398 g/mol. The molecule has 0 radical (unpaired) electrons. The van der Waals surface area contributed by atoms with Gasteiger partial charge in [-0.25, -0.2) is 22.5 Å². The smallest absolute Gasteiger partial charge is 0.208 e. The second-order valence-corrected chi connectivity index (χ2v) is 7.39. The highest BCUT2D eigenvalue weighted by molar-refractivity contribution is 14.1. The second kappa shape index (κ2) is 5.82. The third-order valence-corrected chi connectivity index (χ3v) is 4.30. The van der Waals surface area contributed by atoms with Gasteiger partial charge in [0.05, 0.1) is 20.9 Å². The molecule has 1 heterocycles. The Bertz CT molecular complexity index is 744. The van der Waals surface area contributed by atoms with E-state index in [1.165, 1.54) is 6.07 Å². The summed E-state index contributed by atoms with van der Waals surface area (Å²) in [5, 5.41) is 0. The van der Waals surface area contributed by atoms with Gasteiger partial charge < -0.3 is 10.3 Å². The van der Waals surface area contributed by atoms with Crippen LogP contribution in [-0.4, -0.2) is 30.8 Å². The van der Waals surface area contributed by atoms with Crippen molar-refractivity contribution in [2.24, 2.45) is 0 Å². The van der Waals surface area contributed by atoms with Crippen molar-refractivity contribution in [2.45, 2.75) is 13.0 Å². The largest absolute Gasteiger partial charge is 0.369 e. The number of sulfonamides is 1. The molecule has 1 aromatic carbocycles. The van der Waals surface area contributed by atoms with E-state index in [9.17, 15) is 12.8 Å². The number of nitrogens with zero attached hydrogens (tertiary/aromatic N) is 2. The van der Waals surface area contributed by atoms with Gasteiger partial charge in [-0.15, -0.1) is 0 Å². The van der Waals surface area contributed by atoms with E-state index >= 15 is 0 Å². The second-order valence-electron chi connectivity index (χ2n) is 4.40. The Hall–Kier alpha value is -0.940. The average Bonchev–Trinajstić information content (AvgIpc) is 2.60. The van der Waals surface area contributed by atoms with Crippen LogP contribution >= 0.6 is 22.6 Å². The van der Waals surface area contributed by atoms with Crippen molar-refractivity contribution in [1.29, 1.82) is 0 Å². The molecule has 9 heteroatoms. The van der Waals surface area contributed by atoms with E-state index in [1.54, 1.807) is 10.6 Å². The number of halogens is 2. The van der Waals surface area contributed by atoms with E-state index in [0.29, 0.717) is 40.1 Å². The number of anilines is 1. The molecule has 0 spiro atoms. The van der Waals surface area contributed by atoms with Gasteiger partial charge in [-0.05, 0) is 35.1 Å². The molecule has 0 saturated carbocycles. The van der Waals surface area contributed by atoms with Crippen molar-refractivity contribution in [3.05, 3.63) is 21.5 Å². The van der Waals surface area contributed by atoms with Gasteiger partial charge in [0.2, 0.25) is 16.0 Å². The number of nitrogens with one attached hydrogen (secondary N) is 1. The van der Waals surface area contributed by atoms with Gasteiger partial charge in [0, 0.05) is 19.2 Å². The van der Waals surface area contributed by atoms with Crippen molar-refractivity contribution in [3.63, 3.8) is 0 Å². The Morgan fingerprint density at radius 3 is 2.85 bits per heavy atom. The predicted octanol–water partition coefficient (Wildman–Crippen LogP) is 1.30. The molecule has 2 rings (SSSR count). The van der Waals surface area contributed by atoms with E-state index < -0.39 is 10.0 Å². The highest BCUT2D eigenvalue weighted by Crippen LogP contribution is 2.23. The van der Waals surface area contributed by atoms with E-state index in [4.69, 9.17) is 5.73 Å². The fourth-order valence-corrected chi connectivity index (χ4v) is 2.83. The molecule has 6 nitrogen and oxygen atoms in total. The fraction of sp³-hybridized carbons (Fsp3) is 0.364. The molecule has 0 aliphatic carbocycles. The molecule has 0 saturated heterocycles. The van der Waals surface area contributed by atoms with E-state index in [2.05, 4.69) is 9.71 Å². The lowest BCUT2D eigenvalue weighted by Crippen LogP contribution is -2.24. The molecule has 0 unspecified atom stereocenters. The topological polar surface area (TPSA) is 90.0 Å². The molecule has 1 aromatic heterocycles. The minimum Gasteiger partial charge on any atom is -0.369 e. The number of hydrogen-bond acceptors (Lipinski definition) is 4. The third kappa shape index (κ3) is 3.58. The Balaban J connectivity index is 2.17. The summed E-state index contributed by atoms with van der Waals surface area (Å²) in [6.45, 7) is 0.760. The fourth-order valence-electron chi connectivity index (χ4n) is 1.87. The van der Waals surface area contributed by atoms with Crippen molar-refractivity contribution >= 4 is 49.6 Å². The van der Waals surface area contributed by atoms with Gasteiger partial charge in [-0.1, -0.05) is 0 Å². The lowest BCUT2D eigenvalue weighted by molar-refractivity contribution is 0.578. The molecule has 20 heavy (non-hydrogen) atoms. The van der Waals surface area contributed by atoms with E-state index in [0.717, 1.165) is 6.26 Å². The van der Waals surface area contributed by atoms with Gasteiger partial charge in [-0.2, -0.15) is 0 Å². The Morgan fingerprint density at radius 1 is 1.50 bits per heavy atom. The molecule has 3 N–H and O–H groups in total. The first kappa shape index (κ1) is 15.4. The van der Waals surface area contributed by atoms with Gasteiger partial charge in [0.1, 0.15) is 5.82 Å². The van der Waals surface area contributed by atoms with Gasteiger partial charge in [0.15, 0.2) is 0 Å². The standard InChI is InChI=1S/C11H14FIN4O2S/c1-20(18,19)15-3-2-4-17-10-5-7(12)8(13)6-9(10)16-11(17)14/h5-6,15H,2-4H2,1H3,(H2,14,16). The maximum Gasteiger partial charge on any atom is 0.208 e. The number of nitrogen functional groups attached to an aromatic ring is 1. The van der Waals surface area contributed by atoms with E-state index in [-0.39, 0.29) is 5.82 Å².